The van der Waals surface area contributed by atoms with Crippen LogP contribution in [0.3, 0.4) is 0 Å². The standard InChI is InChI=1S/C18H28N2O3S/c1-4-14(3)20-24(22,23)16-11-10-13(2)17(12-16)18(21)19-15-8-6-5-7-9-15/h10-12,14-15,20H,4-9H2,1-3H3,(H,19,21)/t14-/m1/s1. The van der Waals surface area contributed by atoms with Crippen molar-refractivity contribution < 1.29 is 13.2 Å². The predicted molar refractivity (Wildman–Crippen MR) is 95.6 cm³/mol. The largest absolute Gasteiger partial charge is 0.349 e. The summed E-state index contributed by atoms with van der Waals surface area (Å²) in [6.07, 6.45) is 6.20. The van der Waals surface area contributed by atoms with E-state index >= 15 is 0 Å². The fourth-order valence-corrected chi connectivity index (χ4v) is 4.29. The van der Waals surface area contributed by atoms with Gasteiger partial charge >= 0.3 is 0 Å². The Kier molecular flexibility index (Phi) is 6.40. The van der Waals surface area contributed by atoms with Crippen LogP contribution in [0.5, 0.6) is 0 Å². The summed E-state index contributed by atoms with van der Waals surface area (Å²) in [6.45, 7) is 5.57. The summed E-state index contributed by atoms with van der Waals surface area (Å²) in [4.78, 5) is 12.7. The summed E-state index contributed by atoms with van der Waals surface area (Å²) < 4.78 is 27.5. The topological polar surface area (TPSA) is 75.3 Å². The molecule has 2 rings (SSSR count). The van der Waals surface area contributed by atoms with E-state index in [1.807, 2.05) is 20.8 Å². The third-order valence-corrected chi connectivity index (χ3v) is 6.26. The van der Waals surface area contributed by atoms with E-state index in [1.54, 1.807) is 12.1 Å². The molecule has 0 saturated heterocycles. The van der Waals surface area contributed by atoms with Crippen molar-refractivity contribution in [2.75, 3.05) is 0 Å². The maximum absolute atomic E-state index is 12.6. The minimum atomic E-state index is -3.61. The minimum absolute atomic E-state index is 0.141. The molecular weight excluding hydrogens is 324 g/mol. The molecule has 24 heavy (non-hydrogen) atoms. The number of benzene rings is 1. The number of hydrogen-bond donors (Lipinski definition) is 2. The highest BCUT2D eigenvalue weighted by Crippen LogP contribution is 2.20. The lowest BCUT2D eigenvalue weighted by Crippen LogP contribution is -2.37. The van der Waals surface area contributed by atoms with Crippen molar-refractivity contribution in [1.82, 2.24) is 10.0 Å². The highest BCUT2D eigenvalue weighted by molar-refractivity contribution is 7.89. The summed E-state index contributed by atoms with van der Waals surface area (Å²) in [5.74, 6) is -0.181. The van der Waals surface area contributed by atoms with E-state index in [-0.39, 0.29) is 22.9 Å². The summed E-state index contributed by atoms with van der Waals surface area (Å²) >= 11 is 0. The van der Waals surface area contributed by atoms with E-state index in [1.165, 1.54) is 12.5 Å². The molecule has 1 aliphatic rings. The zero-order chi connectivity index (χ0) is 17.7. The van der Waals surface area contributed by atoms with Gasteiger partial charge in [0, 0.05) is 17.6 Å². The number of hydrogen-bond acceptors (Lipinski definition) is 3. The van der Waals surface area contributed by atoms with Gasteiger partial charge in [-0.1, -0.05) is 32.3 Å². The molecule has 1 aromatic rings. The minimum Gasteiger partial charge on any atom is -0.349 e. The second-order valence-electron chi connectivity index (χ2n) is 6.72. The van der Waals surface area contributed by atoms with Crippen LogP contribution in [0.2, 0.25) is 0 Å². The van der Waals surface area contributed by atoms with Gasteiger partial charge in [-0.25, -0.2) is 13.1 Å². The van der Waals surface area contributed by atoms with Crippen molar-refractivity contribution in [2.45, 2.75) is 76.3 Å². The Labute approximate surface area is 145 Å². The highest BCUT2D eigenvalue weighted by Gasteiger charge is 2.21. The molecule has 0 aromatic heterocycles. The molecule has 134 valence electrons. The lowest BCUT2D eigenvalue weighted by molar-refractivity contribution is 0.0927. The van der Waals surface area contributed by atoms with Gasteiger partial charge in [0.05, 0.1) is 4.90 Å². The first-order valence-corrected chi connectivity index (χ1v) is 10.3. The molecule has 1 aromatic carbocycles. The van der Waals surface area contributed by atoms with Crippen LogP contribution in [0, 0.1) is 6.92 Å². The van der Waals surface area contributed by atoms with Gasteiger partial charge in [-0.3, -0.25) is 4.79 Å². The third-order valence-electron chi connectivity index (χ3n) is 4.67. The molecule has 1 atom stereocenters. The van der Waals surface area contributed by atoms with E-state index < -0.39 is 10.0 Å². The van der Waals surface area contributed by atoms with Crippen LogP contribution in [0.4, 0.5) is 0 Å². The van der Waals surface area contributed by atoms with Gasteiger partial charge in [0.25, 0.3) is 5.91 Å². The molecular formula is C18H28N2O3S. The molecule has 0 bridgehead atoms. The Morgan fingerprint density at radius 3 is 2.54 bits per heavy atom. The van der Waals surface area contributed by atoms with E-state index in [2.05, 4.69) is 10.0 Å². The van der Waals surface area contributed by atoms with Crippen LogP contribution >= 0.6 is 0 Å². The van der Waals surface area contributed by atoms with Crippen LogP contribution in [-0.2, 0) is 10.0 Å². The highest BCUT2D eigenvalue weighted by atomic mass is 32.2. The summed E-state index contributed by atoms with van der Waals surface area (Å²) in [7, 11) is -3.61. The third kappa shape index (κ3) is 4.80. The molecule has 0 unspecified atom stereocenters. The Morgan fingerprint density at radius 2 is 1.92 bits per heavy atom. The van der Waals surface area contributed by atoms with E-state index in [9.17, 15) is 13.2 Å². The van der Waals surface area contributed by atoms with Gasteiger partial charge in [0.2, 0.25) is 10.0 Å². The number of rotatable bonds is 6. The monoisotopic (exact) mass is 352 g/mol. The average Bonchev–Trinajstić information content (AvgIpc) is 2.55. The quantitative estimate of drug-likeness (QED) is 0.826. The zero-order valence-electron chi connectivity index (χ0n) is 14.8. The maximum Gasteiger partial charge on any atom is 0.251 e. The number of carbonyl (C=O) groups excluding carboxylic acids is 1. The van der Waals surface area contributed by atoms with Crippen molar-refractivity contribution in [2.24, 2.45) is 0 Å². The second kappa shape index (κ2) is 8.12. The SMILES string of the molecule is CC[C@@H](C)NS(=O)(=O)c1ccc(C)c(C(=O)NC2CCCCC2)c1. The summed E-state index contributed by atoms with van der Waals surface area (Å²) in [6, 6.07) is 4.79. The summed E-state index contributed by atoms with van der Waals surface area (Å²) in [5.41, 5.74) is 1.22. The first kappa shape index (κ1) is 18.9. The van der Waals surface area contributed by atoms with Gasteiger partial charge in [0.15, 0.2) is 0 Å². The van der Waals surface area contributed by atoms with Crippen LogP contribution in [0.1, 0.15) is 68.3 Å². The molecule has 1 fully saturated rings. The first-order chi connectivity index (χ1) is 11.3. The van der Waals surface area contributed by atoms with Crippen molar-refractivity contribution in [3.05, 3.63) is 29.3 Å². The normalized spacial score (nSPS) is 17.5. The van der Waals surface area contributed by atoms with Crippen molar-refractivity contribution in [3.63, 3.8) is 0 Å². The van der Waals surface area contributed by atoms with Gasteiger partial charge < -0.3 is 5.32 Å². The second-order valence-corrected chi connectivity index (χ2v) is 8.43. The van der Waals surface area contributed by atoms with E-state index in [0.29, 0.717) is 12.0 Å². The zero-order valence-corrected chi connectivity index (χ0v) is 15.6. The molecule has 0 heterocycles. The van der Waals surface area contributed by atoms with Crippen molar-refractivity contribution in [1.29, 1.82) is 0 Å². The van der Waals surface area contributed by atoms with E-state index in [4.69, 9.17) is 0 Å². The van der Waals surface area contributed by atoms with Crippen LogP contribution in [-0.4, -0.2) is 26.4 Å². The Morgan fingerprint density at radius 1 is 1.25 bits per heavy atom. The van der Waals surface area contributed by atoms with Crippen molar-refractivity contribution in [3.8, 4) is 0 Å². The Balaban J connectivity index is 2.20. The van der Waals surface area contributed by atoms with Crippen LogP contribution in [0.15, 0.2) is 23.1 Å². The molecule has 1 aliphatic carbocycles. The molecule has 5 nitrogen and oxygen atoms in total. The predicted octanol–water partition coefficient (Wildman–Crippen LogP) is 3.13. The Hall–Kier alpha value is -1.40. The molecule has 1 amide bonds. The van der Waals surface area contributed by atoms with E-state index in [0.717, 1.165) is 31.2 Å². The fraction of sp³-hybridized carbons (Fsp3) is 0.611. The number of amides is 1. The maximum atomic E-state index is 12.6. The van der Waals surface area contributed by atoms with Gasteiger partial charge in [0.1, 0.15) is 0 Å². The molecule has 2 N–H and O–H groups in total. The number of nitrogens with one attached hydrogen (secondary N) is 2. The first-order valence-electron chi connectivity index (χ1n) is 8.77. The number of aryl methyl sites for hydroxylation is 1. The molecule has 6 heteroatoms. The number of carbonyl (C=O) groups is 1. The van der Waals surface area contributed by atoms with Crippen LogP contribution in [0.25, 0.3) is 0 Å². The number of sulfonamides is 1. The van der Waals surface area contributed by atoms with Gasteiger partial charge in [-0.05, 0) is 50.8 Å². The fourth-order valence-electron chi connectivity index (χ4n) is 2.94. The van der Waals surface area contributed by atoms with Gasteiger partial charge in [-0.15, -0.1) is 0 Å². The molecule has 0 radical (unpaired) electrons. The molecule has 1 saturated carbocycles. The lowest BCUT2D eigenvalue weighted by Gasteiger charge is -2.23. The Bertz CT molecular complexity index is 680. The van der Waals surface area contributed by atoms with Crippen molar-refractivity contribution >= 4 is 15.9 Å². The summed E-state index contributed by atoms with van der Waals surface area (Å²) in [5, 5.41) is 3.05. The molecule has 0 spiro atoms. The molecule has 0 aliphatic heterocycles. The van der Waals surface area contributed by atoms with Gasteiger partial charge in [-0.2, -0.15) is 0 Å². The average molecular weight is 353 g/mol. The van der Waals surface area contributed by atoms with Crippen LogP contribution < -0.4 is 10.0 Å². The lowest BCUT2D eigenvalue weighted by atomic mass is 9.95. The smallest absolute Gasteiger partial charge is 0.251 e.